The summed E-state index contributed by atoms with van der Waals surface area (Å²) in [5, 5.41) is 3.99. The molecule has 0 aromatic heterocycles. The Morgan fingerprint density at radius 1 is 1.03 bits per heavy atom. The largest absolute Gasteiger partial charge is 0.496 e. The van der Waals surface area contributed by atoms with Crippen molar-refractivity contribution in [2.24, 2.45) is 5.10 Å². The Morgan fingerprint density at radius 3 is 2.35 bits per heavy atom. The Kier molecular flexibility index (Phi) is 8.55. The van der Waals surface area contributed by atoms with Crippen LogP contribution < -0.4 is 19.1 Å². The number of hydrogen-bond donors (Lipinski definition) is 1. The topological polar surface area (TPSA) is 103 Å². The van der Waals surface area contributed by atoms with Crippen molar-refractivity contribution in [2.75, 3.05) is 14.2 Å². The molecule has 3 aromatic carbocycles. The number of hydrazone groups is 1. The van der Waals surface area contributed by atoms with Gasteiger partial charge in [-0.05, 0) is 77.5 Å². The van der Waals surface area contributed by atoms with E-state index in [1.165, 1.54) is 32.6 Å². The Balaban J connectivity index is 1.81. The fraction of sp³-hybridized carbons (Fsp3) is 0.130. The molecule has 0 unspecified atom stereocenters. The standard InChI is InChI=1S/C23H20BrIN2O6S/c1-14-4-7-17(8-5-14)34(29,30)33-22-19(25)10-15(11-21(22)32-3)13-26-27-23(28)18-12-16(24)6-9-20(18)31-2/h4-13H,1-3H3,(H,27,28)/b26-13-. The number of benzene rings is 3. The van der Waals surface area contributed by atoms with Crippen LogP contribution in [0.25, 0.3) is 0 Å². The smallest absolute Gasteiger partial charge is 0.339 e. The van der Waals surface area contributed by atoms with E-state index in [0.717, 1.165) is 10.0 Å². The van der Waals surface area contributed by atoms with Gasteiger partial charge in [0.25, 0.3) is 5.91 Å². The van der Waals surface area contributed by atoms with Gasteiger partial charge in [-0.1, -0.05) is 33.6 Å². The summed E-state index contributed by atoms with van der Waals surface area (Å²) in [4.78, 5) is 12.5. The van der Waals surface area contributed by atoms with Crippen LogP contribution in [0.2, 0.25) is 0 Å². The number of methoxy groups -OCH3 is 2. The third kappa shape index (κ3) is 6.27. The molecule has 1 N–H and O–H groups in total. The monoisotopic (exact) mass is 658 g/mol. The van der Waals surface area contributed by atoms with E-state index in [2.05, 4.69) is 26.5 Å². The van der Waals surface area contributed by atoms with Crippen molar-refractivity contribution in [3.63, 3.8) is 0 Å². The molecular weight excluding hydrogens is 639 g/mol. The van der Waals surface area contributed by atoms with Crippen molar-refractivity contribution in [2.45, 2.75) is 11.8 Å². The first-order valence-electron chi connectivity index (χ1n) is 9.70. The van der Waals surface area contributed by atoms with Crippen LogP contribution in [-0.2, 0) is 10.1 Å². The predicted molar refractivity (Wildman–Crippen MR) is 140 cm³/mol. The zero-order valence-corrected chi connectivity index (χ0v) is 22.9. The molecule has 0 fully saturated rings. The third-order valence-electron chi connectivity index (χ3n) is 4.54. The van der Waals surface area contributed by atoms with Gasteiger partial charge in [-0.25, -0.2) is 5.43 Å². The lowest BCUT2D eigenvalue weighted by atomic mass is 10.2. The summed E-state index contributed by atoms with van der Waals surface area (Å²) in [5.41, 5.74) is 4.24. The number of aryl methyl sites for hydroxylation is 1. The van der Waals surface area contributed by atoms with Crippen molar-refractivity contribution in [1.82, 2.24) is 5.43 Å². The summed E-state index contributed by atoms with van der Waals surface area (Å²) in [6.07, 6.45) is 1.41. The summed E-state index contributed by atoms with van der Waals surface area (Å²) >= 11 is 5.27. The van der Waals surface area contributed by atoms with Crippen molar-refractivity contribution in [3.05, 3.63) is 79.3 Å². The first-order valence-corrected chi connectivity index (χ1v) is 13.0. The number of amides is 1. The minimum atomic E-state index is -4.06. The molecule has 11 heteroatoms. The van der Waals surface area contributed by atoms with Gasteiger partial charge in [0.1, 0.15) is 10.6 Å². The van der Waals surface area contributed by atoms with Crippen LogP contribution in [0.15, 0.2) is 69.1 Å². The lowest BCUT2D eigenvalue weighted by Crippen LogP contribution is -2.18. The van der Waals surface area contributed by atoms with Crippen LogP contribution in [0.5, 0.6) is 17.2 Å². The average Bonchev–Trinajstić information content (AvgIpc) is 2.80. The molecule has 0 spiro atoms. The van der Waals surface area contributed by atoms with Crippen LogP contribution in [0.4, 0.5) is 0 Å². The molecule has 34 heavy (non-hydrogen) atoms. The quantitative estimate of drug-likeness (QED) is 0.160. The molecule has 0 aliphatic carbocycles. The van der Waals surface area contributed by atoms with Gasteiger partial charge in [-0.15, -0.1) is 0 Å². The lowest BCUT2D eigenvalue weighted by Gasteiger charge is -2.13. The normalized spacial score (nSPS) is 11.3. The zero-order chi connectivity index (χ0) is 24.9. The molecule has 0 radical (unpaired) electrons. The minimum absolute atomic E-state index is 0.0345. The summed E-state index contributed by atoms with van der Waals surface area (Å²) < 4.78 is 42.5. The van der Waals surface area contributed by atoms with Crippen LogP contribution >= 0.6 is 38.5 Å². The van der Waals surface area contributed by atoms with E-state index in [1.807, 2.05) is 29.5 Å². The predicted octanol–water partition coefficient (Wildman–Crippen LogP) is 4.91. The Morgan fingerprint density at radius 2 is 1.71 bits per heavy atom. The fourth-order valence-electron chi connectivity index (χ4n) is 2.84. The summed E-state index contributed by atoms with van der Waals surface area (Å²) in [7, 11) is -1.18. The molecule has 1 amide bonds. The average molecular weight is 659 g/mol. The zero-order valence-electron chi connectivity index (χ0n) is 18.3. The van der Waals surface area contributed by atoms with Gasteiger partial charge in [-0.3, -0.25) is 4.79 Å². The van der Waals surface area contributed by atoms with E-state index in [9.17, 15) is 13.2 Å². The molecular formula is C23H20BrIN2O6S. The van der Waals surface area contributed by atoms with E-state index in [-0.39, 0.29) is 16.4 Å². The Hall–Kier alpha value is -2.64. The van der Waals surface area contributed by atoms with Gasteiger partial charge < -0.3 is 13.7 Å². The van der Waals surface area contributed by atoms with Crippen molar-refractivity contribution >= 4 is 60.8 Å². The maximum atomic E-state index is 12.7. The first-order chi connectivity index (χ1) is 16.1. The number of hydrogen-bond acceptors (Lipinski definition) is 7. The van der Waals surface area contributed by atoms with E-state index in [1.54, 1.807) is 42.5 Å². The first kappa shape index (κ1) is 26.0. The summed E-state index contributed by atoms with van der Waals surface area (Å²) in [6.45, 7) is 1.86. The van der Waals surface area contributed by atoms with Gasteiger partial charge >= 0.3 is 10.1 Å². The number of carbonyl (C=O) groups excluding carboxylic acids is 1. The molecule has 178 valence electrons. The van der Waals surface area contributed by atoms with Crippen molar-refractivity contribution in [1.29, 1.82) is 0 Å². The molecule has 3 rings (SSSR count). The number of nitrogens with zero attached hydrogens (tertiary/aromatic N) is 1. The highest BCUT2D eigenvalue weighted by atomic mass is 127. The van der Waals surface area contributed by atoms with Crippen LogP contribution in [0, 0.1) is 10.5 Å². The molecule has 0 heterocycles. The maximum absolute atomic E-state index is 12.7. The summed E-state index contributed by atoms with van der Waals surface area (Å²) in [5.74, 6) is 0.205. The maximum Gasteiger partial charge on any atom is 0.339 e. The Bertz CT molecular complexity index is 1340. The van der Waals surface area contributed by atoms with Gasteiger partial charge in [0.15, 0.2) is 11.5 Å². The molecule has 0 saturated heterocycles. The fourth-order valence-corrected chi connectivity index (χ4v) is 5.04. The highest BCUT2D eigenvalue weighted by molar-refractivity contribution is 14.1. The van der Waals surface area contributed by atoms with E-state index in [4.69, 9.17) is 13.7 Å². The van der Waals surface area contributed by atoms with Gasteiger partial charge in [0, 0.05) is 4.47 Å². The molecule has 0 bridgehead atoms. The van der Waals surface area contributed by atoms with Gasteiger partial charge in [-0.2, -0.15) is 13.5 Å². The van der Waals surface area contributed by atoms with Crippen LogP contribution in [-0.4, -0.2) is 34.8 Å². The number of ether oxygens (including phenoxy) is 2. The van der Waals surface area contributed by atoms with Gasteiger partial charge in [0.2, 0.25) is 0 Å². The number of carbonyl (C=O) groups is 1. The van der Waals surface area contributed by atoms with Crippen molar-refractivity contribution < 1.29 is 26.9 Å². The second-order valence-corrected chi connectivity index (χ2v) is 10.6. The highest BCUT2D eigenvalue weighted by Crippen LogP contribution is 2.35. The van der Waals surface area contributed by atoms with Crippen molar-refractivity contribution in [3.8, 4) is 17.2 Å². The second kappa shape index (κ2) is 11.2. The van der Waals surface area contributed by atoms with Crippen LogP contribution in [0.1, 0.15) is 21.5 Å². The van der Waals surface area contributed by atoms with Crippen LogP contribution in [0.3, 0.4) is 0 Å². The van der Waals surface area contributed by atoms with E-state index in [0.29, 0.717) is 20.4 Å². The lowest BCUT2D eigenvalue weighted by molar-refractivity contribution is 0.0952. The summed E-state index contributed by atoms with van der Waals surface area (Å²) in [6, 6.07) is 14.6. The third-order valence-corrected chi connectivity index (χ3v) is 7.07. The Labute approximate surface area is 219 Å². The molecule has 0 atom stereocenters. The SMILES string of the molecule is COc1ccc(Br)cc1C(=O)N/N=C\c1cc(I)c(OS(=O)(=O)c2ccc(C)cc2)c(OC)c1. The molecule has 0 saturated carbocycles. The molecule has 3 aromatic rings. The molecule has 0 aliphatic heterocycles. The second-order valence-electron chi connectivity index (χ2n) is 6.93. The van der Waals surface area contributed by atoms with Gasteiger partial charge in [0.05, 0.1) is 29.6 Å². The molecule has 8 nitrogen and oxygen atoms in total. The molecule has 0 aliphatic rings. The minimum Gasteiger partial charge on any atom is -0.496 e. The number of nitrogens with one attached hydrogen (secondary N) is 1. The number of halogens is 2. The van der Waals surface area contributed by atoms with E-state index >= 15 is 0 Å². The van der Waals surface area contributed by atoms with E-state index < -0.39 is 16.0 Å². The number of rotatable bonds is 8. The highest BCUT2D eigenvalue weighted by Gasteiger charge is 2.22.